The molecule has 0 fully saturated rings. The van der Waals surface area contributed by atoms with Crippen molar-refractivity contribution in [2.24, 2.45) is 0 Å². The van der Waals surface area contributed by atoms with Crippen molar-refractivity contribution in [3.05, 3.63) is 59.7 Å². The minimum Gasteiger partial charge on any atom is -0.481 e. The second-order valence-electron chi connectivity index (χ2n) is 5.78. The van der Waals surface area contributed by atoms with Gasteiger partial charge in [0.1, 0.15) is 5.75 Å². The zero-order valence-corrected chi connectivity index (χ0v) is 14.3. The van der Waals surface area contributed by atoms with Gasteiger partial charge in [0.05, 0.1) is 0 Å². The van der Waals surface area contributed by atoms with Crippen LogP contribution in [-0.4, -0.2) is 17.8 Å². The molecule has 126 valence electrons. The van der Waals surface area contributed by atoms with Crippen molar-refractivity contribution >= 4 is 17.4 Å². The maximum absolute atomic E-state index is 12.2. The molecule has 0 aliphatic heterocycles. The summed E-state index contributed by atoms with van der Waals surface area (Å²) in [5.74, 6) is 0.434. The van der Waals surface area contributed by atoms with Crippen LogP contribution in [0.2, 0.25) is 0 Å². The van der Waals surface area contributed by atoms with Crippen LogP contribution in [0, 0.1) is 0 Å². The summed E-state index contributed by atoms with van der Waals surface area (Å²) in [6.07, 6.45) is 1.52. The van der Waals surface area contributed by atoms with E-state index < -0.39 is 6.10 Å². The standard InChI is InChI=1S/C20H23NO3/c1-4-5-16-6-12-19(13-7-16)24-15(3)20(23)21-18-10-8-17(9-11-18)14(2)22/h6-13,15H,4-5H2,1-3H3,(H,21,23). The lowest BCUT2D eigenvalue weighted by Crippen LogP contribution is -2.30. The van der Waals surface area contributed by atoms with E-state index in [0.29, 0.717) is 17.0 Å². The van der Waals surface area contributed by atoms with Crippen LogP contribution in [0.25, 0.3) is 0 Å². The Hall–Kier alpha value is -2.62. The van der Waals surface area contributed by atoms with Crippen LogP contribution >= 0.6 is 0 Å². The Morgan fingerprint density at radius 2 is 1.67 bits per heavy atom. The fraction of sp³-hybridized carbons (Fsp3) is 0.300. The number of anilines is 1. The summed E-state index contributed by atoms with van der Waals surface area (Å²) in [4.78, 5) is 23.4. The second kappa shape index (κ2) is 8.29. The van der Waals surface area contributed by atoms with E-state index >= 15 is 0 Å². The van der Waals surface area contributed by atoms with Crippen LogP contribution in [0.15, 0.2) is 48.5 Å². The number of carbonyl (C=O) groups is 2. The molecule has 2 aromatic carbocycles. The number of ether oxygens (including phenoxy) is 1. The summed E-state index contributed by atoms with van der Waals surface area (Å²) >= 11 is 0. The van der Waals surface area contributed by atoms with Gasteiger partial charge in [0.25, 0.3) is 5.91 Å². The third-order valence-corrected chi connectivity index (χ3v) is 3.70. The first kappa shape index (κ1) is 17.7. The van der Waals surface area contributed by atoms with Crippen LogP contribution in [0.3, 0.4) is 0 Å². The van der Waals surface area contributed by atoms with Gasteiger partial charge in [0.15, 0.2) is 11.9 Å². The van der Waals surface area contributed by atoms with E-state index in [0.717, 1.165) is 12.8 Å². The Balaban J connectivity index is 1.92. The van der Waals surface area contributed by atoms with E-state index in [9.17, 15) is 9.59 Å². The van der Waals surface area contributed by atoms with Crippen LogP contribution in [0.5, 0.6) is 5.75 Å². The van der Waals surface area contributed by atoms with Gasteiger partial charge in [0, 0.05) is 11.3 Å². The number of aryl methyl sites for hydroxylation is 1. The maximum atomic E-state index is 12.2. The first-order valence-electron chi connectivity index (χ1n) is 8.17. The van der Waals surface area contributed by atoms with Crippen LogP contribution in [0.1, 0.15) is 43.1 Å². The molecule has 1 unspecified atom stereocenters. The monoisotopic (exact) mass is 325 g/mol. The molecule has 0 heterocycles. The van der Waals surface area contributed by atoms with Gasteiger partial charge in [-0.2, -0.15) is 0 Å². The predicted octanol–water partition coefficient (Wildman–Crippen LogP) is 4.25. The molecule has 1 atom stereocenters. The SMILES string of the molecule is CCCc1ccc(OC(C)C(=O)Nc2ccc(C(C)=O)cc2)cc1. The van der Waals surface area contributed by atoms with Gasteiger partial charge < -0.3 is 10.1 Å². The molecule has 0 bridgehead atoms. The molecular formula is C20H23NO3. The van der Waals surface area contributed by atoms with Crippen molar-refractivity contribution in [2.75, 3.05) is 5.32 Å². The van der Waals surface area contributed by atoms with Gasteiger partial charge in [0.2, 0.25) is 0 Å². The van der Waals surface area contributed by atoms with Crippen molar-refractivity contribution in [3.63, 3.8) is 0 Å². The van der Waals surface area contributed by atoms with E-state index in [-0.39, 0.29) is 11.7 Å². The highest BCUT2D eigenvalue weighted by Gasteiger charge is 2.15. The first-order valence-corrected chi connectivity index (χ1v) is 8.17. The quantitative estimate of drug-likeness (QED) is 0.774. The number of rotatable bonds is 7. The maximum Gasteiger partial charge on any atom is 0.265 e. The van der Waals surface area contributed by atoms with Crippen molar-refractivity contribution in [1.82, 2.24) is 0 Å². The average Bonchev–Trinajstić information content (AvgIpc) is 2.57. The lowest BCUT2D eigenvalue weighted by Gasteiger charge is -2.15. The number of ketones is 1. The van der Waals surface area contributed by atoms with Crippen LogP contribution < -0.4 is 10.1 Å². The first-order chi connectivity index (χ1) is 11.5. The molecule has 0 aliphatic rings. The Kier molecular flexibility index (Phi) is 6.13. The Morgan fingerprint density at radius 1 is 1.04 bits per heavy atom. The molecule has 2 aromatic rings. The molecule has 24 heavy (non-hydrogen) atoms. The van der Waals surface area contributed by atoms with Gasteiger partial charge in [-0.1, -0.05) is 25.5 Å². The van der Waals surface area contributed by atoms with Gasteiger partial charge in [-0.25, -0.2) is 0 Å². The molecule has 0 aliphatic carbocycles. The van der Waals surface area contributed by atoms with E-state index in [1.165, 1.54) is 12.5 Å². The Morgan fingerprint density at radius 3 is 2.21 bits per heavy atom. The lowest BCUT2D eigenvalue weighted by molar-refractivity contribution is -0.122. The molecule has 0 radical (unpaired) electrons. The number of hydrogen-bond donors (Lipinski definition) is 1. The fourth-order valence-electron chi connectivity index (χ4n) is 2.31. The van der Waals surface area contributed by atoms with E-state index in [4.69, 9.17) is 4.74 Å². The second-order valence-corrected chi connectivity index (χ2v) is 5.78. The summed E-state index contributed by atoms with van der Waals surface area (Å²) in [7, 11) is 0. The summed E-state index contributed by atoms with van der Waals surface area (Å²) in [6, 6.07) is 14.6. The normalized spacial score (nSPS) is 11.6. The molecule has 1 N–H and O–H groups in total. The molecule has 0 saturated carbocycles. The van der Waals surface area contributed by atoms with Gasteiger partial charge in [-0.15, -0.1) is 0 Å². The largest absolute Gasteiger partial charge is 0.481 e. The number of Topliss-reactive ketones (excluding diaryl/α,β-unsaturated/α-hetero) is 1. The van der Waals surface area contributed by atoms with Crippen molar-refractivity contribution in [3.8, 4) is 5.75 Å². The van der Waals surface area contributed by atoms with Crippen molar-refractivity contribution < 1.29 is 14.3 Å². The zero-order valence-electron chi connectivity index (χ0n) is 14.3. The van der Waals surface area contributed by atoms with Crippen LogP contribution in [-0.2, 0) is 11.2 Å². The van der Waals surface area contributed by atoms with E-state index in [1.54, 1.807) is 31.2 Å². The highest BCUT2D eigenvalue weighted by atomic mass is 16.5. The fourth-order valence-corrected chi connectivity index (χ4v) is 2.31. The smallest absolute Gasteiger partial charge is 0.265 e. The minimum atomic E-state index is -0.616. The topological polar surface area (TPSA) is 55.4 Å². The molecule has 0 saturated heterocycles. The summed E-state index contributed by atoms with van der Waals surface area (Å²) in [5.41, 5.74) is 2.51. The number of carbonyl (C=O) groups excluding carboxylic acids is 2. The zero-order chi connectivity index (χ0) is 17.5. The van der Waals surface area contributed by atoms with Gasteiger partial charge in [-0.05, 0) is 62.2 Å². The third kappa shape index (κ3) is 4.95. The molecule has 1 amide bonds. The third-order valence-electron chi connectivity index (χ3n) is 3.70. The highest BCUT2D eigenvalue weighted by Crippen LogP contribution is 2.16. The number of nitrogens with one attached hydrogen (secondary N) is 1. The summed E-state index contributed by atoms with van der Waals surface area (Å²) in [5, 5.41) is 2.78. The van der Waals surface area contributed by atoms with Gasteiger partial charge in [-0.3, -0.25) is 9.59 Å². The number of amides is 1. The molecule has 0 spiro atoms. The summed E-state index contributed by atoms with van der Waals surface area (Å²) in [6.45, 7) is 5.36. The summed E-state index contributed by atoms with van der Waals surface area (Å²) < 4.78 is 5.68. The Bertz CT molecular complexity index is 690. The lowest BCUT2D eigenvalue weighted by atomic mass is 10.1. The number of benzene rings is 2. The predicted molar refractivity (Wildman–Crippen MR) is 95.6 cm³/mol. The molecule has 4 heteroatoms. The molecule has 0 aromatic heterocycles. The van der Waals surface area contributed by atoms with Crippen molar-refractivity contribution in [2.45, 2.75) is 39.7 Å². The highest BCUT2D eigenvalue weighted by molar-refractivity contribution is 5.96. The minimum absolute atomic E-state index is 0.00361. The van der Waals surface area contributed by atoms with Crippen LogP contribution in [0.4, 0.5) is 5.69 Å². The molecule has 2 rings (SSSR count). The van der Waals surface area contributed by atoms with E-state index in [1.807, 2.05) is 24.3 Å². The van der Waals surface area contributed by atoms with Crippen molar-refractivity contribution in [1.29, 1.82) is 0 Å². The van der Waals surface area contributed by atoms with Gasteiger partial charge >= 0.3 is 0 Å². The average molecular weight is 325 g/mol. The molecular weight excluding hydrogens is 302 g/mol. The van der Waals surface area contributed by atoms with E-state index in [2.05, 4.69) is 12.2 Å². The molecule has 4 nitrogen and oxygen atoms in total. The number of hydrogen-bond acceptors (Lipinski definition) is 3. The Labute approximate surface area is 142 Å².